The number of nitrogens with zero attached hydrogens (tertiary/aromatic N) is 1. The smallest absolute Gasteiger partial charge is 0.387 e. The van der Waals surface area contributed by atoms with Crippen molar-refractivity contribution in [3.8, 4) is 0 Å². The molecule has 0 unspecified atom stereocenters. The van der Waals surface area contributed by atoms with Gasteiger partial charge < -0.3 is 10.4 Å². The van der Waals surface area contributed by atoms with E-state index in [0.717, 1.165) is 17.5 Å². The summed E-state index contributed by atoms with van der Waals surface area (Å²) in [6.07, 6.45) is 0.238. The molecule has 0 aliphatic heterocycles. The van der Waals surface area contributed by atoms with E-state index in [1.54, 1.807) is 12.1 Å². The number of hydrogen-bond donors (Lipinski definition) is 4. The van der Waals surface area contributed by atoms with Gasteiger partial charge in [0.05, 0.1) is 11.0 Å². The predicted molar refractivity (Wildman–Crippen MR) is 95.2 cm³/mol. The van der Waals surface area contributed by atoms with E-state index in [0.29, 0.717) is 13.1 Å². The van der Waals surface area contributed by atoms with Crippen LogP contribution in [0.25, 0.3) is 0 Å². The van der Waals surface area contributed by atoms with Crippen LogP contribution >= 0.6 is 0 Å². The van der Waals surface area contributed by atoms with Crippen LogP contribution < -0.4 is 5.32 Å². The monoisotopic (exact) mass is 384 g/mol. The van der Waals surface area contributed by atoms with Crippen LogP contribution in [0.2, 0.25) is 0 Å². The molecule has 0 saturated carbocycles. The molecule has 10 heteroatoms. The van der Waals surface area contributed by atoms with E-state index in [4.69, 9.17) is 17.5 Å². The Bertz CT molecular complexity index is 772. The Hall–Kier alpha value is -2.37. The molecule has 0 spiro atoms. The van der Waals surface area contributed by atoms with E-state index in [2.05, 4.69) is 5.32 Å². The van der Waals surface area contributed by atoms with Gasteiger partial charge in [-0.05, 0) is 24.1 Å². The first-order valence-electron chi connectivity index (χ1n) is 7.54. The molecule has 0 aromatic heterocycles. The van der Waals surface area contributed by atoms with Gasteiger partial charge in [-0.1, -0.05) is 42.5 Å². The van der Waals surface area contributed by atoms with E-state index in [-0.39, 0.29) is 5.69 Å². The van der Waals surface area contributed by atoms with Crippen molar-refractivity contribution in [2.75, 3.05) is 13.1 Å². The van der Waals surface area contributed by atoms with Gasteiger partial charge in [-0.15, -0.1) is 0 Å². The fourth-order valence-corrected chi connectivity index (χ4v) is 2.05. The highest BCUT2D eigenvalue weighted by Crippen LogP contribution is 2.12. The number of nitrogens with one attached hydrogen (secondary N) is 1. The Labute approximate surface area is 151 Å². The topological polar surface area (TPSA) is 150 Å². The van der Waals surface area contributed by atoms with E-state index >= 15 is 0 Å². The summed E-state index contributed by atoms with van der Waals surface area (Å²) < 4.78 is 31.6. The fourth-order valence-electron chi connectivity index (χ4n) is 2.05. The van der Waals surface area contributed by atoms with Gasteiger partial charge in [0.1, 0.15) is 0 Å². The summed E-state index contributed by atoms with van der Waals surface area (Å²) in [6, 6.07) is 16.0. The Morgan fingerprint density at radius 2 is 1.58 bits per heavy atom. The molecule has 0 saturated heterocycles. The highest BCUT2D eigenvalue weighted by molar-refractivity contribution is 7.79. The highest BCUT2D eigenvalue weighted by Gasteiger charge is 2.06. The second kappa shape index (κ2) is 10.6. The third-order valence-electron chi connectivity index (χ3n) is 3.26. The highest BCUT2D eigenvalue weighted by atomic mass is 32.3. The number of nitro benzene ring substituents is 1. The molecule has 0 bridgehead atoms. The van der Waals surface area contributed by atoms with Crippen LogP contribution in [0.1, 0.15) is 17.2 Å². The lowest BCUT2D eigenvalue weighted by Crippen LogP contribution is -2.23. The average Bonchev–Trinajstić information content (AvgIpc) is 2.58. The molecule has 2 aromatic rings. The number of hydrogen-bond acceptors (Lipinski definition) is 6. The minimum absolute atomic E-state index is 0.103. The molecule has 0 aliphatic carbocycles. The summed E-state index contributed by atoms with van der Waals surface area (Å²) in [5, 5.41) is 23.7. The van der Waals surface area contributed by atoms with Crippen LogP contribution in [0.15, 0.2) is 54.6 Å². The minimum Gasteiger partial charge on any atom is -0.387 e. The number of aliphatic hydroxyl groups excluding tert-OH is 1. The Balaban J connectivity index is 0.000000597. The molecule has 0 fully saturated rings. The van der Waals surface area contributed by atoms with Crippen LogP contribution in [-0.4, -0.2) is 40.6 Å². The summed E-state index contributed by atoms with van der Waals surface area (Å²) >= 11 is 0. The third kappa shape index (κ3) is 9.81. The summed E-state index contributed by atoms with van der Waals surface area (Å²) in [5.74, 6) is 0. The second-order valence-corrected chi connectivity index (χ2v) is 6.15. The Kier molecular flexibility index (Phi) is 8.82. The first kappa shape index (κ1) is 21.7. The Morgan fingerprint density at radius 3 is 2.08 bits per heavy atom. The van der Waals surface area contributed by atoms with Gasteiger partial charge in [0.15, 0.2) is 0 Å². The van der Waals surface area contributed by atoms with E-state index in [9.17, 15) is 15.2 Å². The zero-order valence-electron chi connectivity index (χ0n) is 13.7. The number of aliphatic hydroxyl groups is 1. The lowest BCUT2D eigenvalue weighted by atomic mass is 10.1. The predicted octanol–water partition coefficient (Wildman–Crippen LogP) is 1.81. The van der Waals surface area contributed by atoms with Gasteiger partial charge in [0, 0.05) is 18.7 Å². The van der Waals surface area contributed by atoms with Crippen LogP contribution in [0.4, 0.5) is 5.69 Å². The molecule has 0 heterocycles. The maximum atomic E-state index is 10.5. The van der Waals surface area contributed by atoms with Gasteiger partial charge in [-0.3, -0.25) is 19.2 Å². The van der Waals surface area contributed by atoms with E-state index < -0.39 is 21.4 Å². The Morgan fingerprint density at radius 1 is 1.04 bits per heavy atom. The van der Waals surface area contributed by atoms with Crippen LogP contribution in [0.5, 0.6) is 0 Å². The van der Waals surface area contributed by atoms with Gasteiger partial charge in [0.2, 0.25) is 0 Å². The molecule has 0 amide bonds. The first-order chi connectivity index (χ1) is 12.2. The van der Waals surface area contributed by atoms with Crippen molar-refractivity contribution in [1.82, 2.24) is 5.32 Å². The van der Waals surface area contributed by atoms with Crippen molar-refractivity contribution in [2.24, 2.45) is 0 Å². The molecule has 0 radical (unpaired) electrons. The standard InChI is InChI=1S/C16H18N2O3.H2O4S/c19-16(14-4-2-1-3-5-14)12-17-11-10-13-6-8-15(9-7-13)18(20)21;1-5(2,3)4/h1-9,16-17,19H,10-12H2;(H2,1,2,3,4)/t16-;/m0./s1. The van der Waals surface area contributed by atoms with Gasteiger partial charge in [0.25, 0.3) is 5.69 Å². The average molecular weight is 384 g/mol. The number of nitro groups is 1. The number of non-ortho nitro benzene ring substituents is 1. The first-order valence-corrected chi connectivity index (χ1v) is 8.93. The van der Waals surface area contributed by atoms with Crippen LogP contribution in [0, 0.1) is 10.1 Å². The minimum atomic E-state index is -4.67. The SMILES string of the molecule is O=S(=O)(O)O.O=[N+]([O-])c1ccc(CCNC[C@H](O)c2ccccc2)cc1. The van der Waals surface area contributed by atoms with Gasteiger partial charge in [-0.25, -0.2) is 0 Å². The largest absolute Gasteiger partial charge is 0.394 e. The van der Waals surface area contributed by atoms with Crippen molar-refractivity contribution < 1.29 is 27.6 Å². The van der Waals surface area contributed by atoms with Crippen molar-refractivity contribution in [2.45, 2.75) is 12.5 Å². The molecule has 1 atom stereocenters. The summed E-state index contributed by atoms with van der Waals surface area (Å²) in [4.78, 5) is 10.1. The number of rotatable bonds is 7. The van der Waals surface area contributed by atoms with Gasteiger partial charge >= 0.3 is 10.4 Å². The molecule has 26 heavy (non-hydrogen) atoms. The molecule has 0 aliphatic rings. The summed E-state index contributed by atoms with van der Waals surface area (Å²) in [5.41, 5.74) is 2.02. The van der Waals surface area contributed by atoms with Crippen molar-refractivity contribution in [3.63, 3.8) is 0 Å². The second-order valence-electron chi connectivity index (χ2n) is 5.25. The van der Waals surface area contributed by atoms with E-state index in [1.807, 2.05) is 30.3 Å². The molecular weight excluding hydrogens is 364 g/mol. The molecule has 142 valence electrons. The molecule has 9 nitrogen and oxygen atoms in total. The molecule has 2 aromatic carbocycles. The third-order valence-corrected chi connectivity index (χ3v) is 3.26. The van der Waals surface area contributed by atoms with Crippen LogP contribution in [-0.2, 0) is 16.8 Å². The lowest BCUT2D eigenvalue weighted by Gasteiger charge is -2.12. The molecule has 2 rings (SSSR count). The zero-order valence-corrected chi connectivity index (χ0v) is 14.5. The normalized spacial score (nSPS) is 12.0. The van der Waals surface area contributed by atoms with Crippen molar-refractivity contribution in [1.29, 1.82) is 0 Å². The number of benzene rings is 2. The maximum absolute atomic E-state index is 10.5. The summed E-state index contributed by atoms with van der Waals surface area (Å²) in [7, 11) is -4.67. The zero-order chi connectivity index (χ0) is 19.6. The molecule has 4 N–H and O–H groups in total. The van der Waals surface area contributed by atoms with E-state index in [1.165, 1.54) is 12.1 Å². The fraction of sp³-hybridized carbons (Fsp3) is 0.250. The van der Waals surface area contributed by atoms with Gasteiger partial charge in [-0.2, -0.15) is 8.42 Å². The quantitative estimate of drug-likeness (QED) is 0.244. The maximum Gasteiger partial charge on any atom is 0.394 e. The lowest BCUT2D eigenvalue weighted by molar-refractivity contribution is -0.384. The molecular formula is C16H20N2O7S. The summed E-state index contributed by atoms with van der Waals surface area (Å²) in [6.45, 7) is 1.19. The van der Waals surface area contributed by atoms with Crippen molar-refractivity contribution in [3.05, 3.63) is 75.8 Å². The van der Waals surface area contributed by atoms with Crippen LogP contribution in [0.3, 0.4) is 0 Å². The van der Waals surface area contributed by atoms with Crippen molar-refractivity contribution >= 4 is 16.1 Å².